The number of carbonyl (C=O) groups is 1. The Morgan fingerprint density at radius 3 is 1.62 bits per heavy atom. The maximum Gasteiger partial charge on any atom is 0.416 e. The number of ketones is 1. The third-order valence-corrected chi connectivity index (χ3v) is 7.00. The van der Waals surface area contributed by atoms with Crippen LogP contribution in [0, 0.1) is 0 Å². The number of nitrogen functional groups attached to an aromatic ring is 1. The van der Waals surface area contributed by atoms with Gasteiger partial charge in [-0.25, -0.2) is 0 Å². The number of halogens is 7. The van der Waals surface area contributed by atoms with Crippen molar-refractivity contribution in [3.63, 3.8) is 0 Å². The molecule has 0 saturated carbocycles. The van der Waals surface area contributed by atoms with Gasteiger partial charge in [0.2, 0.25) is 0 Å². The van der Waals surface area contributed by atoms with Gasteiger partial charge in [0.05, 0.1) is 22.4 Å². The zero-order valence-corrected chi connectivity index (χ0v) is 22.3. The molecule has 2 nitrogen and oxygen atoms in total. The van der Waals surface area contributed by atoms with E-state index < -0.39 is 34.8 Å². The predicted octanol–water partition coefficient (Wildman–Crippen LogP) is 10.2. The second-order valence-corrected chi connectivity index (χ2v) is 9.93. The van der Waals surface area contributed by atoms with Crippen molar-refractivity contribution in [1.29, 1.82) is 0 Å². The van der Waals surface area contributed by atoms with Gasteiger partial charge in [-0.1, -0.05) is 84.4 Å². The highest BCUT2D eigenvalue weighted by Gasteiger charge is 2.38. The molecule has 0 saturated heterocycles. The van der Waals surface area contributed by atoms with E-state index in [0.717, 1.165) is 0 Å². The Kier molecular flexibility index (Phi) is 7.60. The maximum absolute atomic E-state index is 13.9. The van der Waals surface area contributed by atoms with Crippen LogP contribution in [-0.2, 0) is 12.4 Å². The third kappa shape index (κ3) is 5.76. The van der Waals surface area contributed by atoms with Crippen molar-refractivity contribution >= 4 is 23.1 Å². The molecule has 5 rings (SSSR count). The number of alkyl halides is 6. The predicted molar refractivity (Wildman–Crippen MR) is 152 cm³/mol. The number of hydrogen-bond donors (Lipinski definition) is 1. The fraction of sp³-hybridized carbons (Fsp3) is 0.0606. The second kappa shape index (κ2) is 11.0. The van der Waals surface area contributed by atoms with Crippen molar-refractivity contribution < 1.29 is 31.1 Å². The zero-order valence-electron chi connectivity index (χ0n) is 21.5. The summed E-state index contributed by atoms with van der Waals surface area (Å²) in [7, 11) is 0. The number of hydrogen-bond acceptors (Lipinski definition) is 2. The lowest BCUT2D eigenvalue weighted by molar-refractivity contribution is -0.143. The molecule has 0 atom stereocenters. The highest BCUT2D eigenvalue weighted by molar-refractivity contribution is 6.30. The summed E-state index contributed by atoms with van der Waals surface area (Å²) in [6.45, 7) is 0. The number of carbonyl (C=O) groups excluding carboxylic acids is 1. The minimum atomic E-state index is -5.08. The summed E-state index contributed by atoms with van der Waals surface area (Å²) >= 11 is 6.09. The van der Waals surface area contributed by atoms with E-state index in [0.29, 0.717) is 33.8 Å². The van der Waals surface area contributed by atoms with Gasteiger partial charge in [-0.05, 0) is 64.2 Å². The first-order valence-electron chi connectivity index (χ1n) is 12.5. The van der Waals surface area contributed by atoms with Gasteiger partial charge in [0, 0.05) is 16.1 Å². The lowest BCUT2D eigenvalue weighted by Crippen LogP contribution is -2.13. The second-order valence-electron chi connectivity index (χ2n) is 9.50. The molecule has 212 valence electrons. The van der Waals surface area contributed by atoms with Crippen molar-refractivity contribution in [2.75, 3.05) is 5.73 Å². The normalized spacial score (nSPS) is 11.9. The third-order valence-electron chi connectivity index (χ3n) is 6.75. The fourth-order valence-corrected chi connectivity index (χ4v) is 4.92. The average molecular weight is 596 g/mol. The zero-order chi connectivity index (χ0) is 30.2. The molecule has 0 bridgehead atoms. The first-order chi connectivity index (χ1) is 19.8. The van der Waals surface area contributed by atoms with Gasteiger partial charge >= 0.3 is 12.4 Å². The Labute approximate surface area is 242 Å². The van der Waals surface area contributed by atoms with Crippen LogP contribution in [0.2, 0.25) is 5.02 Å². The molecule has 0 aliphatic heterocycles. The van der Waals surface area contributed by atoms with E-state index in [-0.39, 0.29) is 34.0 Å². The molecule has 0 amide bonds. The molecule has 0 spiro atoms. The van der Waals surface area contributed by atoms with Gasteiger partial charge in [-0.15, -0.1) is 0 Å². The summed E-state index contributed by atoms with van der Waals surface area (Å²) in [5.41, 5.74) is 4.60. The molecular formula is C33H20ClF6NO. The first-order valence-corrected chi connectivity index (χ1v) is 12.9. The molecule has 0 fully saturated rings. The summed E-state index contributed by atoms with van der Waals surface area (Å²) in [4.78, 5) is 13.9. The Morgan fingerprint density at radius 2 is 1.10 bits per heavy atom. The van der Waals surface area contributed by atoms with Gasteiger partial charge in [0.15, 0.2) is 5.78 Å². The van der Waals surface area contributed by atoms with Gasteiger partial charge in [0.1, 0.15) is 0 Å². The van der Waals surface area contributed by atoms with E-state index in [2.05, 4.69) is 0 Å². The van der Waals surface area contributed by atoms with E-state index in [4.69, 9.17) is 17.3 Å². The van der Waals surface area contributed by atoms with Crippen molar-refractivity contribution in [2.45, 2.75) is 12.4 Å². The lowest BCUT2D eigenvalue weighted by Gasteiger charge is -2.22. The van der Waals surface area contributed by atoms with Gasteiger partial charge < -0.3 is 5.73 Å². The van der Waals surface area contributed by atoms with Gasteiger partial charge in [-0.3, -0.25) is 4.79 Å². The number of nitrogens with two attached hydrogens (primary N) is 1. The van der Waals surface area contributed by atoms with Crippen LogP contribution < -0.4 is 5.73 Å². The van der Waals surface area contributed by atoms with Crippen LogP contribution in [0.1, 0.15) is 27.0 Å². The van der Waals surface area contributed by atoms with Crippen molar-refractivity contribution in [3.05, 3.63) is 136 Å². The van der Waals surface area contributed by atoms with E-state index in [1.54, 1.807) is 91.0 Å². The molecule has 0 unspecified atom stereocenters. The van der Waals surface area contributed by atoms with Crippen LogP contribution in [0.5, 0.6) is 0 Å². The highest BCUT2D eigenvalue weighted by Crippen LogP contribution is 2.47. The minimum Gasteiger partial charge on any atom is -0.398 e. The summed E-state index contributed by atoms with van der Waals surface area (Å²) in [6.07, 6.45) is -10.2. The van der Waals surface area contributed by atoms with Crippen molar-refractivity contribution in [1.82, 2.24) is 0 Å². The summed E-state index contributed by atoms with van der Waals surface area (Å²) < 4.78 is 83.2. The van der Waals surface area contributed by atoms with Crippen molar-refractivity contribution in [2.24, 2.45) is 0 Å². The number of rotatable bonds is 5. The smallest absolute Gasteiger partial charge is 0.398 e. The van der Waals surface area contributed by atoms with E-state index >= 15 is 0 Å². The van der Waals surface area contributed by atoms with Gasteiger partial charge in [-0.2, -0.15) is 26.3 Å². The molecule has 0 aliphatic rings. The molecule has 0 aromatic heterocycles. The van der Waals surface area contributed by atoms with Crippen LogP contribution in [0.4, 0.5) is 32.0 Å². The van der Waals surface area contributed by atoms with E-state index in [1.165, 1.54) is 0 Å². The standard InChI is InChI=1S/C33H20ClF6NO/c34-25-13-11-20(12-14-25)27-18-26(19-7-3-1-4-8-19)28(30(41)29(27)31(42)21-9-5-2-6-10-21)22-15-23(32(35,36)37)17-24(16-22)33(38,39)40/h1-18H,41H2. The number of benzene rings is 5. The summed E-state index contributed by atoms with van der Waals surface area (Å²) in [5.74, 6) is -0.554. The van der Waals surface area contributed by atoms with E-state index in [9.17, 15) is 31.1 Å². The Hall–Kier alpha value is -4.56. The monoisotopic (exact) mass is 595 g/mol. The molecule has 42 heavy (non-hydrogen) atoms. The lowest BCUT2D eigenvalue weighted by atomic mass is 9.83. The van der Waals surface area contributed by atoms with Crippen LogP contribution in [0.25, 0.3) is 33.4 Å². The van der Waals surface area contributed by atoms with Crippen LogP contribution in [0.15, 0.2) is 109 Å². The topological polar surface area (TPSA) is 43.1 Å². The number of anilines is 1. The molecular weight excluding hydrogens is 576 g/mol. The quantitative estimate of drug-likeness (QED) is 0.125. The first kappa shape index (κ1) is 29.0. The summed E-state index contributed by atoms with van der Waals surface area (Å²) in [5, 5.41) is 0.422. The molecule has 0 aliphatic carbocycles. The molecule has 9 heteroatoms. The van der Waals surface area contributed by atoms with Crippen LogP contribution in [-0.4, -0.2) is 5.78 Å². The Bertz CT molecular complexity index is 1730. The minimum absolute atomic E-state index is 0.0555. The molecule has 0 radical (unpaired) electrons. The van der Waals surface area contributed by atoms with Crippen LogP contribution >= 0.6 is 11.6 Å². The molecule has 5 aromatic rings. The van der Waals surface area contributed by atoms with E-state index in [1.807, 2.05) is 0 Å². The Balaban J connectivity index is 1.93. The van der Waals surface area contributed by atoms with Gasteiger partial charge in [0.25, 0.3) is 0 Å². The SMILES string of the molecule is Nc1c(C(=O)c2ccccc2)c(-c2ccc(Cl)cc2)cc(-c2ccccc2)c1-c1cc(C(F)(F)F)cc(C(F)(F)F)c1. The molecule has 5 aromatic carbocycles. The largest absolute Gasteiger partial charge is 0.416 e. The molecule has 2 N–H and O–H groups in total. The molecule has 0 heterocycles. The van der Waals surface area contributed by atoms with Crippen LogP contribution in [0.3, 0.4) is 0 Å². The summed E-state index contributed by atoms with van der Waals surface area (Å²) in [6, 6.07) is 25.8. The average Bonchev–Trinajstić information content (AvgIpc) is 2.96. The highest BCUT2D eigenvalue weighted by atomic mass is 35.5. The Morgan fingerprint density at radius 1 is 0.595 bits per heavy atom. The van der Waals surface area contributed by atoms with Crippen molar-refractivity contribution in [3.8, 4) is 33.4 Å². The fourth-order valence-electron chi connectivity index (χ4n) is 4.80. The maximum atomic E-state index is 13.9.